The fourth-order valence-electron chi connectivity index (χ4n) is 4.52. The molecule has 1 heterocycles. The number of rotatable bonds is 7. The Hall–Kier alpha value is -2.76. The number of hydrogen-bond acceptors (Lipinski definition) is 4. The van der Waals surface area contributed by atoms with Crippen LogP contribution in [0.5, 0.6) is 5.75 Å². The summed E-state index contributed by atoms with van der Waals surface area (Å²) >= 11 is 0. The number of ether oxygens (including phenoxy) is 2. The number of nitrogens with one attached hydrogen (secondary N) is 1. The summed E-state index contributed by atoms with van der Waals surface area (Å²) in [5, 5.41) is 0. The molecular weight excluding hydrogens is 517 g/mol. The third kappa shape index (κ3) is 7.18. The predicted molar refractivity (Wildman–Crippen MR) is 127 cm³/mol. The lowest BCUT2D eigenvalue weighted by Gasteiger charge is -2.37. The molecule has 0 spiro atoms. The summed E-state index contributed by atoms with van der Waals surface area (Å²) in [5.41, 5.74) is 0.0485. The van der Waals surface area contributed by atoms with Gasteiger partial charge in [-0.3, -0.25) is 0 Å². The first-order valence-corrected chi connectivity index (χ1v) is 13.1. The Labute approximate surface area is 212 Å². The molecule has 0 aromatic heterocycles. The van der Waals surface area contributed by atoms with Crippen LogP contribution < -0.4 is 9.46 Å². The van der Waals surface area contributed by atoms with E-state index in [4.69, 9.17) is 4.74 Å². The van der Waals surface area contributed by atoms with Crippen molar-refractivity contribution in [3.05, 3.63) is 83.7 Å². The number of benzene rings is 2. The van der Waals surface area contributed by atoms with Gasteiger partial charge in [0.05, 0.1) is 11.0 Å². The molecule has 0 bridgehead atoms. The lowest BCUT2D eigenvalue weighted by Crippen LogP contribution is -2.44. The van der Waals surface area contributed by atoms with Crippen molar-refractivity contribution in [2.45, 2.75) is 61.2 Å². The Bertz CT molecular complexity index is 1260. The second-order valence-corrected chi connectivity index (χ2v) is 11.0. The Morgan fingerprint density at radius 1 is 1.11 bits per heavy atom. The molecule has 1 saturated heterocycles. The normalized spacial score (nSPS) is 25.4. The Morgan fingerprint density at radius 3 is 2.38 bits per heavy atom. The molecule has 1 aliphatic carbocycles. The van der Waals surface area contributed by atoms with Crippen LogP contribution in [0.15, 0.2) is 77.2 Å². The average Bonchev–Trinajstić information content (AvgIpc) is 2.81. The van der Waals surface area contributed by atoms with Crippen LogP contribution in [0.4, 0.5) is 22.0 Å². The van der Waals surface area contributed by atoms with Gasteiger partial charge in [-0.1, -0.05) is 24.3 Å². The highest BCUT2D eigenvalue weighted by molar-refractivity contribution is 7.89. The molecule has 1 aliphatic heterocycles. The van der Waals surface area contributed by atoms with E-state index in [0.717, 1.165) is 35.4 Å². The lowest BCUT2D eigenvalue weighted by atomic mass is 9.79. The van der Waals surface area contributed by atoms with Gasteiger partial charge in [0.2, 0.25) is 10.0 Å². The number of hydrogen-bond donors (Lipinski definition) is 1. The van der Waals surface area contributed by atoms with Crippen LogP contribution in [0, 0.1) is 5.82 Å². The van der Waals surface area contributed by atoms with Crippen LogP contribution in [0.25, 0.3) is 0 Å². The van der Waals surface area contributed by atoms with Gasteiger partial charge in [-0.2, -0.15) is 0 Å². The highest BCUT2D eigenvalue weighted by Gasteiger charge is 2.36. The highest BCUT2D eigenvalue weighted by Crippen LogP contribution is 2.39. The third-order valence-electron chi connectivity index (χ3n) is 6.32. The lowest BCUT2D eigenvalue weighted by molar-refractivity contribution is -0.274. The maximum absolute atomic E-state index is 14.4. The van der Waals surface area contributed by atoms with Gasteiger partial charge in [0, 0.05) is 25.0 Å². The van der Waals surface area contributed by atoms with Crippen LogP contribution in [0.2, 0.25) is 0 Å². The molecule has 2 aromatic rings. The zero-order valence-electron chi connectivity index (χ0n) is 19.8. The molecule has 4 rings (SSSR count). The predicted octanol–water partition coefficient (Wildman–Crippen LogP) is 5.95. The first kappa shape index (κ1) is 27.3. The summed E-state index contributed by atoms with van der Waals surface area (Å²) in [6.07, 6.45) is 0.348. The van der Waals surface area contributed by atoms with Crippen LogP contribution in [0.1, 0.15) is 37.7 Å². The molecule has 0 saturated carbocycles. The van der Waals surface area contributed by atoms with Crippen molar-refractivity contribution in [2.75, 3.05) is 6.61 Å². The topological polar surface area (TPSA) is 64.6 Å². The minimum Gasteiger partial charge on any atom is -0.406 e. The van der Waals surface area contributed by atoms with Gasteiger partial charge in [0.25, 0.3) is 0 Å². The van der Waals surface area contributed by atoms with Gasteiger partial charge >= 0.3 is 6.36 Å². The molecule has 200 valence electrons. The Morgan fingerprint density at radius 2 is 1.78 bits per heavy atom. The molecule has 2 aromatic carbocycles. The first-order valence-electron chi connectivity index (χ1n) is 11.6. The first-order chi connectivity index (χ1) is 17.3. The summed E-state index contributed by atoms with van der Waals surface area (Å²) in [5.74, 6) is -1.33. The largest absolute Gasteiger partial charge is 0.573 e. The van der Waals surface area contributed by atoms with Crippen molar-refractivity contribution in [3.8, 4) is 5.75 Å². The van der Waals surface area contributed by atoms with E-state index in [0.29, 0.717) is 6.42 Å². The standard InChI is InChI=1S/C26H26F5NO4S/c1-25(28)13-10-18(11-14-25)24(17-2-4-19(27)5-3-17)23-16-20(12-15-35-23)32-37(33,34)22-8-6-21(7-9-22)36-26(29,30)31/h2-11,13,20,23-24,32H,12,14-16H2,1H3/t20-,23-,24?,25?/m0/s1. The van der Waals surface area contributed by atoms with Gasteiger partial charge < -0.3 is 9.47 Å². The van der Waals surface area contributed by atoms with Crippen LogP contribution >= 0.6 is 0 Å². The van der Waals surface area contributed by atoms with E-state index in [2.05, 4.69) is 9.46 Å². The summed E-state index contributed by atoms with van der Waals surface area (Å²) in [4.78, 5) is -0.208. The van der Waals surface area contributed by atoms with E-state index in [-0.39, 0.29) is 30.3 Å². The van der Waals surface area contributed by atoms with Crippen LogP contribution in [0.3, 0.4) is 0 Å². The van der Waals surface area contributed by atoms with Gasteiger partial charge in [0.15, 0.2) is 0 Å². The number of alkyl halides is 4. The zero-order chi connectivity index (χ0) is 26.8. The molecule has 5 nitrogen and oxygen atoms in total. The van der Waals surface area contributed by atoms with Gasteiger partial charge in [0.1, 0.15) is 17.2 Å². The molecule has 0 amide bonds. The second-order valence-electron chi connectivity index (χ2n) is 9.32. The Kier molecular flexibility index (Phi) is 7.77. The Balaban J connectivity index is 1.52. The average molecular weight is 544 g/mol. The smallest absolute Gasteiger partial charge is 0.406 e. The van der Waals surface area contributed by atoms with E-state index in [9.17, 15) is 30.4 Å². The zero-order valence-corrected chi connectivity index (χ0v) is 20.7. The summed E-state index contributed by atoms with van der Waals surface area (Å²) in [6, 6.07) is 9.30. The molecule has 11 heteroatoms. The molecule has 1 fully saturated rings. The van der Waals surface area contributed by atoms with Crippen molar-refractivity contribution in [2.24, 2.45) is 0 Å². The van der Waals surface area contributed by atoms with E-state index in [1.807, 2.05) is 0 Å². The summed E-state index contributed by atoms with van der Waals surface area (Å²) in [7, 11) is -4.05. The fourth-order valence-corrected chi connectivity index (χ4v) is 5.80. The number of sulfonamides is 1. The molecule has 2 aliphatic rings. The van der Waals surface area contributed by atoms with Crippen LogP contribution in [-0.2, 0) is 14.8 Å². The van der Waals surface area contributed by atoms with Gasteiger partial charge in [-0.25, -0.2) is 21.9 Å². The van der Waals surface area contributed by atoms with Crippen molar-refractivity contribution < 1.29 is 39.8 Å². The van der Waals surface area contributed by atoms with Gasteiger partial charge in [-0.15, -0.1) is 13.2 Å². The van der Waals surface area contributed by atoms with Crippen molar-refractivity contribution in [3.63, 3.8) is 0 Å². The summed E-state index contributed by atoms with van der Waals surface area (Å²) < 4.78 is 103. The van der Waals surface area contributed by atoms with Crippen molar-refractivity contribution in [1.29, 1.82) is 0 Å². The number of halogens is 5. The third-order valence-corrected chi connectivity index (χ3v) is 7.86. The molecule has 2 unspecified atom stereocenters. The van der Waals surface area contributed by atoms with Crippen molar-refractivity contribution >= 4 is 10.0 Å². The summed E-state index contributed by atoms with van der Waals surface area (Å²) in [6.45, 7) is 1.71. The maximum Gasteiger partial charge on any atom is 0.573 e. The monoisotopic (exact) mass is 543 g/mol. The SMILES string of the molecule is CC1(F)C=CC(C(c2ccc(F)cc2)[C@@H]2C[C@@H](NS(=O)(=O)c3ccc(OC(F)(F)F)cc3)CCO2)=CC1. The fraction of sp³-hybridized carbons (Fsp3) is 0.385. The molecule has 0 radical (unpaired) electrons. The quantitative estimate of drug-likeness (QED) is 0.439. The molecule has 1 N–H and O–H groups in total. The van der Waals surface area contributed by atoms with E-state index in [1.165, 1.54) is 25.1 Å². The number of allylic oxidation sites excluding steroid dienone is 3. The van der Waals surface area contributed by atoms with Gasteiger partial charge in [-0.05, 0) is 73.4 Å². The maximum atomic E-state index is 14.4. The molecule has 4 atom stereocenters. The molecule has 37 heavy (non-hydrogen) atoms. The van der Waals surface area contributed by atoms with E-state index in [1.54, 1.807) is 24.3 Å². The van der Waals surface area contributed by atoms with Crippen LogP contribution in [-0.4, -0.2) is 39.2 Å². The highest BCUT2D eigenvalue weighted by atomic mass is 32.2. The van der Waals surface area contributed by atoms with E-state index < -0.39 is 45.8 Å². The van der Waals surface area contributed by atoms with Crippen molar-refractivity contribution in [1.82, 2.24) is 4.72 Å². The van der Waals surface area contributed by atoms with E-state index >= 15 is 0 Å². The molecular formula is C26H26F5NO4S. The minimum absolute atomic E-state index is 0.160. The second kappa shape index (κ2) is 10.5. The minimum atomic E-state index is -4.89.